The predicted molar refractivity (Wildman–Crippen MR) is 147 cm³/mol. The zero-order valence-corrected chi connectivity index (χ0v) is 23.0. The zero-order chi connectivity index (χ0) is 31.6. The Morgan fingerprint density at radius 2 is 1.91 bits per heavy atom. The minimum atomic E-state index is -3.42. The molecule has 0 aliphatic heterocycles. The number of hydrogen-bond acceptors (Lipinski definition) is 5. The number of hydrogen-bond donors (Lipinski definition) is 2. The average Bonchev–Trinajstić information content (AvgIpc) is 3.40. The number of carbonyl (C=O) groups is 1. The van der Waals surface area contributed by atoms with E-state index in [2.05, 4.69) is 31.7 Å². The molecule has 228 valence electrons. The summed E-state index contributed by atoms with van der Waals surface area (Å²) in [6, 6.07) is 12.0. The summed E-state index contributed by atoms with van der Waals surface area (Å²) in [6.07, 6.45) is -1.79. The van der Waals surface area contributed by atoms with E-state index in [1.807, 2.05) is 0 Å². The van der Waals surface area contributed by atoms with Crippen molar-refractivity contribution in [3.63, 3.8) is 0 Å². The zero-order valence-electron chi connectivity index (χ0n) is 23.0. The monoisotopic (exact) mass is 621 g/mol. The van der Waals surface area contributed by atoms with E-state index in [-0.39, 0.29) is 29.7 Å². The molecule has 2 N–H and O–H groups in total. The predicted octanol–water partition coefficient (Wildman–Crippen LogP) is 6.22. The van der Waals surface area contributed by atoms with Gasteiger partial charge in [-0.1, -0.05) is 12.1 Å². The minimum absolute atomic E-state index is 0.0712. The van der Waals surface area contributed by atoms with Crippen molar-refractivity contribution in [1.29, 1.82) is 5.26 Å². The van der Waals surface area contributed by atoms with Crippen LogP contribution in [0.3, 0.4) is 0 Å². The van der Waals surface area contributed by atoms with Crippen molar-refractivity contribution in [2.45, 2.75) is 43.7 Å². The van der Waals surface area contributed by atoms with E-state index in [9.17, 15) is 27.6 Å². The van der Waals surface area contributed by atoms with Crippen molar-refractivity contribution >= 4 is 16.9 Å². The highest BCUT2D eigenvalue weighted by Gasteiger charge is 2.67. The highest BCUT2D eigenvalue weighted by atomic mass is 19.3. The van der Waals surface area contributed by atoms with Crippen molar-refractivity contribution in [3.8, 4) is 17.2 Å². The first-order valence-electron chi connectivity index (χ1n) is 13.9. The van der Waals surface area contributed by atoms with Crippen LogP contribution >= 0.6 is 0 Å². The van der Waals surface area contributed by atoms with Gasteiger partial charge < -0.3 is 5.32 Å². The van der Waals surface area contributed by atoms with Gasteiger partial charge in [0.05, 0.1) is 35.1 Å². The summed E-state index contributed by atoms with van der Waals surface area (Å²) in [6.45, 7) is -0.814. The molecule has 1 saturated carbocycles. The van der Waals surface area contributed by atoms with Gasteiger partial charge in [-0.05, 0) is 60.2 Å². The smallest absolute Gasteiger partial charge is 0.293 e. The van der Waals surface area contributed by atoms with E-state index in [4.69, 9.17) is 0 Å². The van der Waals surface area contributed by atoms with Crippen LogP contribution in [-0.2, 0) is 23.7 Å². The topological polar surface area (TPSA) is 112 Å². The van der Waals surface area contributed by atoms with Gasteiger partial charge in [0.15, 0.2) is 0 Å². The van der Waals surface area contributed by atoms with Crippen LogP contribution in [0.5, 0.6) is 0 Å². The maximum Gasteiger partial charge on any atom is 0.293 e. The van der Waals surface area contributed by atoms with Crippen molar-refractivity contribution in [1.82, 2.24) is 30.3 Å². The van der Waals surface area contributed by atoms with Gasteiger partial charge in [0.25, 0.3) is 12.3 Å². The van der Waals surface area contributed by atoms with Crippen LogP contribution in [0.25, 0.3) is 22.2 Å². The fourth-order valence-corrected chi connectivity index (χ4v) is 6.28. The number of carbonyl (C=O) groups excluding carboxylic acids is 1. The Morgan fingerprint density at radius 1 is 1.13 bits per heavy atom. The van der Waals surface area contributed by atoms with Crippen molar-refractivity contribution in [2.24, 2.45) is 5.92 Å². The van der Waals surface area contributed by atoms with Crippen LogP contribution < -0.4 is 5.32 Å². The quantitative estimate of drug-likeness (QED) is 0.200. The number of benzene rings is 2. The Bertz CT molecular complexity index is 2010. The van der Waals surface area contributed by atoms with Crippen molar-refractivity contribution in [2.75, 3.05) is 0 Å². The molecule has 0 spiro atoms. The normalized spacial score (nSPS) is 18.4. The SMILES string of the molecule is N#Cc1cccc(-c2cc3[nH]ncc3nc2[C@H](Cc2cc(F)cc(F)c2)NC(=O)Cn2nc(C(F)F)c3c2C(F)(F)[C@@H]2C[C@H]32)c1. The molecule has 2 aliphatic rings. The van der Waals surface area contributed by atoms with Crippen LogP contribution in [0, 0.1) is 28.9 Å². The lowest BCUT2D eigenvalue weighted by molar-refractivity contribution is -0.123. The Hall–Kier alpha value is -5.19. The van der Waals surface area contributed by atoms with Gasteiger partial charge in [-0.15, -0.1) is 0 Å². The fraction of sp³-hybridized carbons (Fsp3) is 0.258. The third kappa shape index (κ3) is 4.98. The first-order valence-corrected chi connectivity index (χ1v) is 13.9. The number of H-pyrrole nitrogens is 1. The van der Waals surface area contributed by atoms with Gasteiger partial charge in [0, 0.05) is 23.1 Å². The molecule has 45 heavy (non-hydrogen) atoms. The molecule has 7 rings (SSSR count). The lowest BCUT2D eigenvalue weighted by atomic mass is 9.94. The maximum absolute atomic E-state index is 15.1. The van der Waals surface area contributed by atoms with Crippen LogP contribution in [0.1, 0.15) is 58.6 Å². The Morgan fingerprint density at radius 3 is 2.64 bits per heavy atom. The summed E-state index contributed by atoms with van der Waals surface area (Å²) in [5.41, 5.74) is 0.929. The number of rotatable bonds is 8. The number of aromatic nitrogens is 5. The Labute approximate surface area is 250 Å². The van der Waals surface area contributed by atoms with E-state index in [1.165, 1.54) is 6.20 Å². The molecule has 3 atom stereocenters. The Kier molecular flexibility index (Phi) is 6.65. The van der Waals surface area contributed by atoms with Crippen LogP contribution in [0.15, 0.2) is 54.7 Å². The number of alkyl halides is 4. The van der Waals surface area contributed by atoms with E-state index in [1.54, 1.807) is 30.3 Å². The van der Waals surface area contributed by atoms with Crippen molar-refractivity contribution < 1.29 is 31.1 Å². The summed E-state index contributed by atoms with van der Waals surface area (Å²) < 4.78 is 86.9. The molecule has 2 aromatic carbocycles. The molecular formula is C31H21F6N7O. The van der Waals surface area contributed by atoms with Gasteiger partial charge in [0.2, 0.25) is 5.91 Å². The van der Waals surface area contributed by atoms with E-state index in [0.717, 1.165) is 12.1 Å². The number of nitrogens with one attached hydrogen (secondary N) is 2. The molecule has 3 aromatic heterocycles. The molecule has 0 saturated heterocycles. The molecule has 0 unspecified atom stereocenters. The number of aromatic amines is 1. The van der Waals surface area contributed by atoms with Crippen LogP contribution in [0.2, 0.25) is 0 Å². The molecule has 14 heteroatoms. The first-order chi connectivity index (χ1) is 21.5. The summed E-state index contributed by atoms with van der Waals surface area (Å²) in [5, 5.41) is 22.7. The van der Waals surface area contributed by atoms with Gasteiger partial charge in [-0.2, -0.15) is 24.2 Å². The van der Waals surface area contributed by atoms with Gasteiger partial charge in [-0.3, -0.25) is 14.6 Å². The van der Waals surface area contributed by atoms with Gasteiger partial charge >= 0.3 is 0 Å². The number of halogens is 6. The lowest BCUT2D eigenvalue weighted by Crippen LogP contribution is -2.35. The van der Waals surface area contributed by atoms with Crippen molar-refractivity contribution in [3.05, 3.63) is 100 Å². The van der Waals surface area contributed by atoms with Crippen LogP contribution in [-0.4, -0.2) is 30.9 Å². The number of fused-ring (bicyclic) bond motifs is 4. The molecule has 1 amide bonds. The molecule has 0 radical (unpaired) electrons. The third-order valence-corrected chi connectivity index (χ3v) is 8.24. The number of pyridine rings is 1. The molecule has 2 aliphatic carbocycles. The molecular weight excluding hydrogens is 600 g/mol. The van der Waals surface area contributed by atoms with Crippen LogP contribution in [0.4, 0.5) is 26.3 Å². The van der Waals surface area contributed by atoms with Gasteiger partial charge in [-0.25, -0.2) is 22.5 Å². The summed E-state index contributed by atoms with van der Waals surface area (Å²) in [4.78, 5) is 18.2. The second-order valence-electron chi connectivity index (χ2n) is 11.2. The maximum atomic E-state index is 15.1. The van der Waals surface area contributed by atoms with E-state index in [0.29, 0.717) is 38.5 Å². The molecule has 5 aromatic rings. The Balaban J connectivity index is 1.30. The van der Waals surface area contributed by atoms with E-state index >= 15 is 8.78 Å². The number of nitriles is 1. The highest BCUT2D eigenvalue weighted by molar-refractivity contribution is 5.83. The molecule has 8 nitrogen and oxygen atoms in total. The average molecular weight is 622 g/mol. The molecule has 1 fully saturated rings. The van der Waals surface area contributed by atoms with Gasteiger partial charge in [0.1, 0.15) is 35.1 Å². The number of amides is 1. The fourth-order valence-electron chi connectivity index (χ4n) is 6.28. The number of nitrogens with zero attached hydrogens (tertiary/aromatic N) is 5. The molecule has 0 bridgehead atoms. The largest absolute Gasteiger partial charge is 0.346 e. The summed E-state index contributed by atoms with van der Waals surface area (Å²) >= 11 is 0. The standard InChI is InChI=1S/C31H21F6N7O/c32-17-5-15(6-18(33)8-17)7-23(27-19(10-22-24(41-27)12-39-42-22)16-3-1-2-14(4-16)11-38)40-25(45)13-44-29-26(28(43-44)30(34)35)20-9-21(20)31(29,36)37/h1-6,8,10,12,20-21,23,30H,7,9,13H2,(H,39,42)(H,40,45)/t20-,21+,23-/m0/s1. The lowest BCUT2D eigenvalue weighted by Gasteiger charge is -2.23. The van der Waals surface area contributed by atoms with E-state index < -0.39 is 65.7 Å². The molecule has 3 heterocycles. The second-order valence-corrected chi connectivity index (χ2v) is 11.2. The summed E-state index contributed by atoms with van der Waals surface area (Å²) in [7, 11) is 0. The minimum Gasteiger partial charge on any atom is -0.346 e. The second kappa shape index (κ2) is 10.5. The summed E-state index contributed by atoms with van der Waals surface area (Å²) in [5.74, 6) is -7.85. The first kappa shape index (κ1) is 28.6. The highest BCUT2D eigenvalue weighted by Crippen LogP contribution is 2.68. The third-order valence-electron chi connectivity index (χ3n) is 8.24.